The molecule has 0 saturated heterocycles. The van der Waals surface area contributed by atoms with E-state index < -0.39 is 57.7 Å². The Morgan fingerprint density at radius 2 is 0.619 bits per heavy atom. The number of halogens is 8. The Bertz CT molecular complexity index is 599. The lowest BCUT2D eigenvalue weighted by Crippen LogP contribution is -2.05. The minimum Gasteiger partial charge on any atom is -0.412 e. The van der Waals surface area contributed by atoms with Crippen LogP contribution in [0, 0.1) is 46.5 Å². The molecule has 0 heterocycles. The SMILES string of the molecule is Fc1cc(F)c(F)c(-c2c(F)c(F)cc(F)c2F)c1F.O. The summed E-state index contributed by atoms with van der Waals surface area (Å²) in [5.74, 6) is -16.6. The molecule has 2 aromatic carbocycles. The molecule has 2 rings (SSSR count). The Kier molecular flexibility index (Phi) is 4.57. The normalized spacial score (nSPS) is 10.5. The van der Waals surface area contributed by atoms with Crippen LogP contribution in [0.2, 0.25) is 0 Å². The van der Waals surface area contributed by atoms with Gasteiger partial charge in [0.1, 0.15) is 0 Å². The summed E-state index contributed by atoms with van der Waals surface area (Å²) in [6.45, 7) is 0. The molecule has 0 atom stereocenters. The van der Waals surface area contributed by atoms with Crippen molar-refractivity contribution in [2.24, 2.45) is 0 Å². The molecule has 1 nitrogen and oxygen atoms in total. The first-order valence-electron chi connectivity index (χ1n) is 4.92. The van der Waals surface area contributed by atoms with Gasteiger partial charge in [-0.25, -0.2) is 35.1 Å². The summed E-state index contributed by atoms with van der Waals surface area (Å²) >= 11 is 0. The molecule has 0 spiro atoms. The lowest BCUT2D eigenvalue weighted by molar-refractivity contribution is 0.441. The van der Waals surface area contributed by atoms with Crippen molar-refractivity contribution in [3.8, 4) is 11.1 Å². The van der Waals surface area contributed by atoms with E-state index in [0.717, 1.165) is 0 Å². The maximum Gasteiger partial charge on any atom is 0.170 e. The quantitative estimate of drug-likeness (QED) is 0.568. The topological polar surface area (TPSA) is 31.5 Å². The lowest BCUT2D eigenvalue weighted by atomic mass is 10.0. The first-order valence-corrected chi connectivity index (χ1v) is 4.92. The van der Waals surface area contributed by atoms with Crippen molar-refractivity contribution >= 4 is 0 Å². The van der Waals surface area contributed by atoms with Crippen LogP contribution in [0.3, 0.4) is 0 Å². The number of rotatable bonds is 1. The van der Waals surface area contributed by atoms with Crippen LogP contribution >= 0.6 is 0 Å². The predicted octanol–water partition coefficient (Wildman–Crippen LogP) is 3.64. The summed E-state index contributed by atoms with van der Waals surface area (Å²) in [6, 6.07) is -0.417. The minimum atomic E-state index is -2.17. The van der Waals surface area contributed by atoms with E-state index in [9.17, 15) is 35.1 Å². The van der Waals surface area contributed by atoms with Crippen molar-refractivity contribution in [1.29, 1.82) is 0 Å². The molecule has 21 heavy (non-hydrogen) atoms. The van der Waals surface area contributed by atoms with E-state index in [-0.39, 0.29) is 17.6 Å². The monoisotopic (exact) mass is 316 g/mol. The van der Waals surface area contributed by atoms with Crippen LogP contribution in [0.15, 0.2) is 12.1 Å². The van der Waals surface area contributed by atoms with Crippen LogP contribution in [0.5, 0.6) is 0 Å². The van der Waals surface area contributed by atoms with Crippen LogP contribution in [0.4, 0.5) is 35.1 Å². The molecular weight excluding hydrogens is 312 g/mol. The molecule has 0 fully saturated rings. The van der Waals surface area contributed by atoms with Crippen molar-refractivity contribution in [2.45, 2.75) is 0 Å². The van der Waals surface area contributed by atoms with Crippen molar-refractivity contribution < 1.29 is 40.6 Å². The zero-order valence-corrected chi connectivity index (χ0v) is 9.68. The highest BCUT2D eigenvalue weighted by atomic mass is 19.2. The fraction of sp³-hybridized carbons (Fsp3) is 0. The van der Waals surface area contributed by atoms with Gasteiger partial charge in [-0.3, -0.25) is 0 Å². The van der Waals surface area contributed by atoms with E-state index in [2.05, 4.69) is 0 Å². The average Bonchev–Trinajstić information content (AvgIpc) is 2.38. The molecule has 0 saturated carbocycles. The Balaban J connectivity index is 0.00000220. The maximum absolute atomic E-state index is 13.4. The summed E-state index contributed by atoms with van der Waals surface area (Å²) in [4.78, 5) is 0. The Labute approximate surface area is 111 Å². The molecular formula is C12H4F8O. The second kappa shape index (κ2) is 5.68. The molecule has 0 aliphatic rings. The van der Waals surface area contributed by atoms with Gasteiger partial charge in [0.25, 0.3) is 0 Å². The predicted molar refractivity (Wildman–Crippen MR) is 55.2 cm³/mol. The zero-order valence-electron chi connectivity index (χ0n) is 9.68. The van der Waals surface area contributed by atoms with Crippen molar-refractivity contribution in [3.05, 3.63) is 58.7 Å². The van der Waals surface area contributed by atoms with Gasteiger partial charge in [0.05, 0.1) is 11.1 Å². The van der Waals surface area contributed by atoms with Gasteiger partial charge in [0, 0.05) is 12.1 Å². The Hall–Kier alpha value is -2.16. The first-order chi connectivity index (χ1) is 9.25. The standard InChI is InChI=1S/C12H2F8.H2O/c13-3-1-4(14)10(18)7(9(3)17)8-11(19)5(15)2-6(16)12(8)20;/h1-2H;1H2. The summed E-state index contributed by atoms with van der Waals surface area (Å²) in [5.41, 5.74) is -3.73. The van der Waals surface area contributed by atoms with Gasteiger partial charge >= 0.3 is 0 Å². The van der Waals surface area contributed by atoms with E-state index >= 15 is 0 Å². The van der Waals surface area contributed by atoms with Gasteiger partial charge in [-0.15, -0.1) is 0 Å². The molecule has 0 aromatic heterocycles. The van der Waals surface area contributed by atoms with Crippen LogP contribution in [-0.2, 0) is 0 Å². The highest BCUT2D eigenvalue weighted by Gasteiger charge is 2.29. The fourth-order valence-electron chi connectivity index (χ4n) is 1.59. The third-order valence-electron chi connectivity index (χ3n) is 2.47. The van der Waals surface area contributed by atoms with E-state index in [4.69, 9.17) is 0 Å². The number of benzene rings is 2. The van der Waals surface area contributed by atoms with Gasteiger partial charge in [0.2, 0.25) is 0 Å². The van der Waals surface area contributed by atoms with Gasteiger partial charge in [-0.2, -0.15) is 0 Å². The van der Waals surface area contributed by atoms with Crippen molar-refractivity contribution in [1.82, 2.24) is 0 Å². The molecule has 2 aromatic rings. The fourth-order valence-corrected chi connectivity index (χ4v) is 1.59. The van der Waals surface area contributed by atoms with E-state index in [1.807, 2.05) is 0 Å². The second-order valence-corrected chi connectivity index (χ2v) is 3.69. The molecule has 114 valence electrons. The molecule has 0 amide bonds. The average molecular weight is 316 g/mol. The van der Waals surface area contributed by atoms with Gasteiger partial charge in [0.15, 0.2) is 46.5 Å². The van der Waals surface area contributed by atoms with Gasteiger partial charge < -0.3 is 5.48 Å². The van der Waals surface area contributed by atoms with E-state index in [1.165, 1.54) is 0 Å². The van der Waals surface area contributed by atoms with Crippen molar-refractivity contribution in [3.63, 3.8) is 0 Å². The molecule has 0 aliphatic carbocycles. The van der Waals surface area contributed by atoms with Gasteiger partial charge in [-0.1, -0.05) is 0 Å². The summed E-state index contributed by atoms with van der Waals surface area (Å²) in [5, 5.41) is 0. The summed E-state index contributed by atoms with van der Waals surface area (Å²) in [7, 11) is 0. The lowest BCUT2D eigenvalue weighted by Gasteiger charge is -2.10. The largest absolute Gasteiger partial charge is 0.412 e. The summed E-state index contributed by atoms with van der Waals surface area (Å²) in [6.07, 6.45) is 0. The highest BCUT2D eigenvalue weighted by molar-refractivity contribution is 5.67. The summed E-state index contributed by atoms with van der Waals surface area (Å²) < 4.78 is 105. The second-order valence-electron chi connectivity index (χ2n) is 3.69. The van der Waals surface area contributed by atoms with Crippen molar-refractivity contribution in [2.75, 3.05) is 0 Å². The molecule has 2 N–H and O–H groups in total. The Morgan fingerprint density at radius 3 is 0.810 bits per heavy atom. The van der Waals surface area contributed by atoms with E-state index in [0.29, 0.717) is 0 Å². The van der Waals surface area contributed by atoms with Gasteiger partial charge in [-0.05, 0) is 0 Å². The van der Waals surface area contributed by atoms with Crippen LogP contribution in [-0.4, -0.2) is 5.48 Å². The maximum atomic E-state index is 13.4. The molecule has 9 heteroatoms. The molecule has 0 bridgehead atoms. The number of hydrogen-bond donors (Lipinski definition) is 0. The molecule has 0 aliphatic heterocycles. The van der Waals surface area contributed by atoms with Crippen LogP contribution in [0.1, 0.15) is 0 Å². The first kappa shape index (κ1) is 16.9. The third-order valence-corrected chi connectivity index (χ3v) is 2.47. The molecule has 0 radical (unpaired) electrons. The Morgan fingerprint density at radius 1 is 0.429 bits per heavy atom. The highest BCUT2D eigenvalue weighted by Crippen LogP contribution is 2.35. The van der Waals surface area contributed by atoms with Crippen LogP contribution in [0.25, 0.3) is 11.1 Å². The zero-order chi connectivity index (χ0) is 15.2. The van der Waals surface area contributed by atoms with E-state index in [1.54, 1.807) is 0 Å². The third kappa shape index (κ3) is 2.56. The molecule has 0 unspecified atom stereocenters. The minimum absolute atomic E-state index is 0. The van der Waals surface area contributed by atoms with Crippen LogP contribution < -0.4 is 0 Å². The number of hydrogen-bond acceptors (Lipinski definition) is 0. The smallest absolute Gasteiger partial charge is 0.170 e.